The first-order chi connectivity index (χ1) is 8.28. The highest BCUT2D eigenvalue weighted by atomic mass is 127. The lowest BCUT2D eigenvalue weighted by molar-refractivity contribution is 0.462. The number of rotatable bonds is 4. The summed E-state index contributed by atoms with van der Waals surface area (Å²) in [4.78, 5) is 4.24. The molecule has 88 valence electrons. The SMILES string of the molecule is NCCc1ccc(Oc2cccc(I)c2)nc1. The molecule has 0 saturated carbocycles. The standard InChI is InChI=1S/C13H13IN2O/c14-11-2-1-3-12(8-11)17-13-5-4-10(6-7-15)9-16-13/h1-5,8-9H,6-7,15H2. The van der Waals surface area contributed by atoms with Gasteiger partial charge in [0, 0.05) is 15.8 Å². The van der Waals surface area contributed by atoms with Crippen molar-refractivity contribution in [3.8, 4) is 11.6 Å². The largest absolute Gasteiger partial charge is 0.439 e. The second-order valence-electron chi connectivity index (χ2n) is 3.60. The molecule has 2 N–H and O–H groups in total. The Morgan fingerprint density at radius 3 is 2.76 bits per heavy atom. The van der Waals surface area contributed by atoms with E-state index in [0.717, 1.165) is 21.3 Å². The average Bonchev–Trinajstić information content (AvgIpc) is 2.32. The van der Waals surface area contributed by atoms with Gasteiger partial charge in [-0.1, -0.05) is 12.1 Å². The van der Waals surface area contributed by atoms with Gasteiger partial charge in [-0.05, 0) is 59.3 Å². The molecule has 0 aliphatic heterocycles. The first-order valence-electron chi connectivity index (χ1n) is 5.36. The van der Waals surface area contributed by atoms with Crippen LogP contribution in [0.25, 0.3) is 0 Å². The molecule has 2 rings (SSSR count). The van der Waals surface area contributed by atoms with Crippen molar-refractivity contribution in [2.45, 2.75) is 6.42 Å². The number of hydrogen-bond acceptors (Lipinski definition) is 3. The van der Waals surface area contributed by atoms with Gasteiger partial charge < -0.3 is 10.5 Å². The molecule has 0 saturated heterocycles. The van der Waals surface area contributed by atoms with Gasteiger partial charge in [0.25, 0.3) is 0 Å². The normalized spacial score (nSPS) is 10.2. The van der Waals surface area contributed by atoms with Crippen LogP contribution in [0.15, 0.2) is 42.6 Å². The fourth-order valence-electron chi connectivity index (χ4n) is 1.44. The number of aromatic nitrogens is 1. The van der Waals surface area contributed by atoms with Crippen molar-refractivity contribution >= 4 is 22.6 Å². The van der Waals surface area contributed by atoms with Crippen LogP contribution >= 0.6 is 22.6 Å². The van der Waals surface area contributed by atoms with Crippen LogP contribution in [0.1, 0.15) is 5.56 Å². The van der Waals surface area contributed by atoms with Crippen LogP contribution in [0.4, 0.5) is 0 Å². The van der Waals surface area contributed by atoms with Crippen molar-refractivity contribution in [1.82, 2.24) is 4.98 Å². The number of halogens is 1. The van der Waals surface area contributed by atoms with Crippen LogP contribution in [-0.2, 0) is 6.42 Å². The molecular weight excluding hydrogens is 327 g/mol. The van der Waals surface area contributed by atoms with E-state index in [1.165, 1.54) is 0 Å². The van der Waals surface area contributed by atoms with E-state index in [2.05, 4.69) is 27.6 Å². The number of pyridine rings is 1. The highest BCUT2D eigenvalue weighted by Crippen LogP contribution is 2.21. The van der Waals surface area contributed by atoms with Crippen LogP contribution < -0.4 is 10.5 Å². The monoisotopic (exact) mass is 340 g/mol. The summed E-state index contributed by atoms with van der Waals surface area (Å²) < 4.78 is 6.78. The minimum Gasteiger partial charge on any atom is -0.439 e. The van der Waals surface area contributed by atoms with Crippen LogP contribution in [0, 0.1) is 3.57 Å². The highest BCUT2D eigenvalue weighted by Gasteiger charge is 1.99. The van der Waals surface area contributed by atoms with E-state index in [1.807, 2.05) is 36.4 Å². The lowest BCUT2D eigenvalue weighted by Crippen LogP contribution is -2.02. The summed E-state index contributed by atoms with van der Waals surface area (Å²) in [6.07, 6.45) is 2.65. The van der Waals surface area contributed by atoms with E-state index >= 15 is 0 Å². The molecule has 0 aliphatic rings. The fourth-order valence-corrected chi connectivity index (χ4v) is 1.95. The molecule has 2 aromatic rings. The molecule has 0 atom stereocenters. The van der Waals surface area contributed by atoms with Crippen molar-refractivity contribution in [2.24, 2.45) is 5.73 Å². The van der Waals surface area contributed by atoms with Crippen molar-refractivity contribution in [3.63, 3.8) is 0 Å². The van der Waals surface area contributed by atoms with E-state index in [1.54, 1.807) is 6.20 Å². The maximum atomic E-state index is 5.65. The molecule has 0 spiro atoms. The van der Waals surface area contributed by atoms with E-state index < -0.39 is 0 Å². The Morgan fingerprint density at radius 1 is 1.24 bits per heavy atom. The van der Waals surface area contributed by atoms with Gasteiger partial charge in [0.2, 0.25) is 5.88 Å². The number of benzene rings is 1. The molecule has 0 unspecified atom stereocenters. The summed E-state index contributed by atoms with van der Waals surface area (Å²) in [7, 11) is 0. The Morgan fingerprint density at radius 2 is 2.12 bits per heavy atom. The van der Waals surface area contributed by atoms with E-state index in [0.29, 0.717) is 12.4 Å². The minimum absolute atomic E-state index is 0.604. The summed E-state index contributed by atoms with van der Waals surface area (Å²) in [6.45, 7) is 0.638. The summed E-state index contributed by atoms with van der Waals surface area (Å²) >= 11 is 2.25. The number of nitrogens with zero attached hydrogens (tertiary/aromatic N) is 1. The molecule has 1 heterocycles. The summed E-state index contributed by atoms with van der Waals surface area (Å²) in [5.41, 5.74) is 6.61. The van der Waals surface area contributed by atoms with Gasteiger partial charge in [0.05, 0.1) is 0 Å². The molecule has 0 radical (unpaired) electrons. The van der Waals surface area contributed by atoms with Crippen LogP contribution in [-0.4, -0.2) is 11.5 Å². The molecule has 0 bridgehead atoms. The maximum Gasteiger partial charge on any atom is 0.219 e. The zero-order valence-corrected chi connectivity index (χ0v) is 11.4. The molecular formula is C13H13IN2O. The third-order valence-electron chi connectivity index (χ3n) is 2.25. The third kappa shape index (κ3) is 3.67. The fraction of sp³-hybridized carbons (Fsp3) is 0.154. The lowest BCUT2D eigenvalue weighted by Gasteiger charge is -2.05. The van der Waals surface area contributed by atoms with Crippen molar-refractivity contribution in [1.29, 1.82) is 0 Å². The smallest absolute Gasteiger partial charge is 0.219 e. The number of hydrogen-bond donors (Lipinski definition) is 1. The Balaban J connectivity index is 2.08. The van der Waals surface area contributed by atoms with E-state index in [-0.39, 0.29) is 0 Å². The third-order valence-corrected chi connectivity index (χ3v) is 2.92. The van der Waals surface area contributed by atoms with Gasteiger partial charge in [-0.25, -0.2) is 4.98 Å². The first kappa shape index (κ1) is 12.3. The topological polar surface area (TPSA) is 48.1 Å². The Kier molecular flexibility index (Phi) is 4.33. The number of ether oxygens (including phenoxy) is 1. The number of nitrogens with two attached hydrogens (primary N) is 1. The molecule has 17 heavy (non-hydrogen) atoms. The van der Waals surface area contributed by atoms with Crippen LogP contribution in [0.3, 0.4) is 0 Å². The Hall–Kier alpha value is -1.14. The zero-order valence-electron chi connectivity index (χ0n) is 9.27. The predicted octanol–water partition coefficient (Wildman–Crippen LogP) is 2.98. The second-order valence-corrected chi connectivity index (χ2v) is 4.85. The van der Waals surface area contributed by atoms with Gasteiger partial charge in [-0.2, -0.15) is 0 Å². The van der Waals surface area contributed by atoms with Gasteiger partial charge in [0.1, 0.15) is 5.75 Å². The second kappa shape index (κ2) is 5.97. The quantitative estimate of drug-likeness (QED) is 0.871. The van der Waals surface area contributed by atoms with E-state index in [4.69, 9.17) is 10.5 Å². The molecule has 4 heteroatoms. The Bertz CT molecular complexity index is 485. The minimum atomic E-state index is 0.604. The van der Waals surface area contributed by atoms with Crippen molar-refractivity contribution in [3.05, 3.63) is 51.7 Å². The first-order valence-corrected chi connectivity index (χ1v) is 6.44. The highest BCUT2D eigenvalue weighted by molar-refractivity contribution is 14.1. The van der Waals surface area contributed by atoms with Gasteiger partial charge in [0.15, 0.2) is 0 Å². The molecule has 0 fully saturated rings. The van der Waals surface area contributed by atoms with Gasteiger partial charge >= 0.3 is 0 Å². The van der Waals surface area contributed by atoms with E-state index in [9.17, 15) is 0 Å². The van der Waals surface area contributed by atoms with Gasteiger partial charge in [-0.3, -0.25) is 0 Å². The zero-order chi connectivity index (χ0) is 12.1. The van der Waals surface area contributed by atoms with Crippen molar-refractivity contribution in [2.75, 3.05) is 6.54 Å². The predicted molar refractivity (Wildman–Crippen MR) is 76.2 cm³/mol. The van der Waals surface area contributed by atoms with Crippen LogP contribution in [0.5, 0.6) is 11.6 Å². The maximum absolute atomic E-state index is 5.65. The Labute approximate surface area is 114 Å². The molecule has 0 amide bonds. The summed E-state index contributed by atoms with van der Waals surface area (Å²) in [5, 5.41) is 0. The van der Waals surface area contributed by atoms with Crippen LogP contribution in [0.2, 0.25) is 0 Å². The summed E-state index contributed by atoms with van der Waals surface area (Å²) in [6, 6.07) is 11.7. The molecule has 0 aliphatic carbocycles. The lowest BCUT2D eigenvalue weighted by atomic mass is 10.2. The average molecular weight is 340 g/mol. The summed E-state index contributed by atoms with van der Waals surface area (Å²) in [5.74, 6) is 1.41. The van der Waals surface area contributed by atoms with Crippen molar-refractivity contribution < 1.29 is 4.74 Å². The molecule has 1 aromatic heterocycles. The molecule has 1 aromatic carbocycles. The molecule has 3 nitrogen and oxygen atoms in total. The van der Waals surface area contributed by atoms with Gasteiger partial charge in [-0.15, -0.1) is 0 Å².